The van der Waals surface area contributed by atoms with Gasteiger partial charge in [-0.3, -0.25) is 9.59 Å². The zero-order chi connectivity index (χ0) is 38.4. The van der Waals surface area contributed by atoms with Gasteiger partial charge in [-0.1, -0.05) is 71.1 Å². The molecule has 1 N–H and O–H groups in total. The molecule has 0 spiro atoms. The second kappa shape index (κ2) is 46.7. The van der Waals surface area contributed by atoms with Crippen LogP contribution in [0.2, 0.25) is 0 Å². The topological polar surface area (TPSA) is 156 Å². The first-order valence-corrected chi connectivity index (χ1v) is 20.3. The first-order valence-electron chi connectivity index (χ1n) is 20.3. The molecule has 0 aliphatic rings. The third kappa shape index (κ3) is 48.5. The molecule has 0 saturated carbocycles. The van der Waals surface area contributed by atoms with Crippen molar-refractivity contribution in [3.63, 3.8) is 0 Å². The average Bonchev–Trinajstić information content (AvgIpc) is 3.15. The number of hydrogen-bond acceptors (Lipinski definition) is 13. The standard InChI is InChI=1S/C39H76O14/c1-2-3-4-5-6-7-8-9-10-11-14-17-43-18-19-44-20-21-45-22-23-46-24-25-47-26-27-48-28-29-49-30-31-50-32-33-51-34-35-52-36-37-53-39(42)16-13-12-15-38(40)41/h2-37H2,1H3,(H,40,41). The van der Waals surface area contributed by atoms with Crippen LogP contribution in [0.4, 0.5) is 0 Å². The Kier molecular flexibility index (Phi) is 45.4. The quantitative estimate of drug-likeness (QED) is 0.0599. The molecule has 0 fully saturated rings. The van der Waals surface area contributed by atoms with Crippen LogP contribution in [-0.2, 0) is 61.7 Å². The van der Waals surface area contributed by atoms with E-state index in [1.54, 1.807) is 0 Å². The molecule has 0 saturated heterocycles. The normalized spacial score (nSPS) is 11.4. The van der Waals surface area contributed by atoms with Gasteiger partial charge < -0.3 is 57.2 Å². The molecule has 14 nitrogen and oxygen atoms in total. The number of carbonyl (C=O) groups excluding carboxylic acids is 1. The van der Waals surface area contributed by atoms with Crippen LogP contribution in [0.1, 0.15) is 103 Å². The first kappa shape index (κ1) is 51.5. The predicted molar refractivity (Wildman–Crippen MR) is 202 cm³/mol. The first-order chi connectivity index (χ1) is 26.2. The Morgan fingerprint density at radius 2 is 0.585 bits per heavy atom. The van der Waals surface area contributed by atoms with Crippen LogP contribution >= 0.6 is 0 Å². The second-order valence-corrected chi connectivity index (χ2v) is 12.5. The van der Waals surface area contributed by atoms with Crippen molar-refractivity contribution >= 4 is 11.9 Å². The van der Waals surface area contributed by atoms with Gasteiger partial charge >= 0.3 is 11.9 Å². The number of rotatable bonds is 47. The van der Waals surface area contributed by atoms with E-state index < -0.39 is 5.97 Å². The lowest BCUT2D eigenvalue weighted by Gasteiger charge is -2.09. The van der Waals surface area contributed by atoms with Crippen LogP contribution in [0.5, 0.6) is 0 Å². The number of unbranched alkanes of at least 4 members (excludes halogenated alkanes) is 11. The maximum Gasteiger partial charge on any atom is 0.305 e. The molecule has 0 unspecified atom stereocenters. The van der Waals surface area contributed by atoms with Crippen LogP contribution in [-0.4, -0.2) is 156 Å². The van der Waals surface area contributed by atoms with Gasteiger partial charge in [0, 0.05) is 19.4 Å². The van der Waals surface area contributed by atoms with Crippen LogP contribution in [0.3, 0.4) is 0 Å². The fraction of sp³-hybridized carbons (Fsp3) is 0.949. The third-order valence-corrected chi connectivity index (χ3v) is 7.75. The maximum atomic E-state index is 11.5. The van der Waals surface area contributed by atoms with Crippen molar-refractivity contribution in [2.45, 2.75) is 103 Å². The van der Waals surface area contributed by atoms with E-state index in [1.165, 1.54) is 64.2 Å². The summed E-state index contributed by atoms with van der Waals surface area (Å²) in [5.41, 5.74) is 0. The number of carboxylic acids is 1. The van der Waals surface area contributed by atoms with E-state index in [9.17, 15) is 9.59 Å². The van der Waals surface area contributed by atoms with Crippen molar-refractivity contribution in [2.24, 2.45) is 0 Å². The Hall–Kier alpha value is -1.46. The van der Waals surface area contributed by atoms with Crippen molar-refractivity contribution < 1.29 is 66.8 Å². The zero-order valence-electron chi connectivity index (χ0n) is 33.2. The van der Waals surface area contributed by atoms with E-state index in [2.05, 4.69) is 6.92 Å². The minimum atomic E-state index is -0.861. The highest BCUT2D eigenvalue weighted by Crippen LogP contribution is 2.11. The highest BCUT2D eigenvalue weighted by atomic mass is 16.6. The van der Waals surface area contributed by atoms with Gasteiger partial charge in [0.05, 0.1) is 126 Å². The summed E-state index contributed by atoms with van der Waals surface area (Å²) in [6.07, 6.45) is 16.0. The molecule has 53 heavy (non-hydrogen) atoms. The SMILES string of the molecule is CCCCCCCCCCCCCOCCOCCOCCOCCOCCOCCOCCOCCOCCOCCOC(=O)CCCCC(=O)O. The van der Waals surface area contributed by atoms with Crippen LogP contribution in [0.15, 0.2) is 0 Å². The molecule has 316 valence electrons. The molecule has 0 radical (unpaired) electrons. The molecular weight excluding hydrogens is 692 g/mol. The second-order valence-electron chi connectivity index (χ2n) is 12.5. The van der Waals surface area contributed by atoms with Crippen molar-refractivity contribution in [1.82, 2.24) is 0 Å². The minimum absolute atomic E-state index is 0.0620. The van der Waals surface area contributed by atoms with Crippen LogP contribution in [0, 0.1) is 0 Å². The number of carboxylic acid groups (broad SMARTS) is 1. The van der Waals surface area contributed by atoms with Crippen molar-refractivity contribution in [3.8, 4) is 0 Å². The Morgan fingerprint density at radius 3 is 0.906 bits per heavy atom. The lowest BCUT2D eigenvalue weighted by molar-refractivity contribution is -0.146. The summed E-state index contributed by atoms with van der Waals surface area (Å²) in [5.74, 6) is -1.20. The number of aliphatic carboxylic acids is 1. The lowest BCUT2D eigenvalue weighted by Crippen LogP contribution is -2.15. The smallest absolute Gasteiger partial charge is 0.305 e. The van der Waals surface area contributed by atoms with Gasteiger partial charge in [-0.25, -0.2) is 0 Å². The van der Waals surface area contributed by atoms with Crippen molar-refractivity contribution in [1.29, 1.82) is 0 Å². The summed E-state index contributed by atoms with van der Waals surface area (Å²) in [6.45, 7) is 12.6. The van der Waals surface area contributed by atoms with E-state index in [4.69, 9.17) is 57.2 Å². The molecule has 0 aromatic carbocycles. The van der Waals surface area contributed by atoms with Gasteiger partial charge in [0.15, 0.2) is 0 Å². The number of hydrogen-bond donors (Lipinski definition) is 1. The molecule has 0 bridgehead atoms. The predicted octanol–water partition coefficient (Wildman–Crippen LogP) is 5.65. The van der Waals surface area contributed by atoms with E-state index in [0.717, 1.165) is 13.0 Å². The van der Waals surface area contributed by atoms with E-state index in [-0.39, 0.29) is 32.0 Å². The molecule has 14 heteroatoms. The molecule has 0 aliphatic heterocycles. The van der Waals surface area contributed by atoms with Gasteiger partial charge in [0.1, 0.15) is 6.61 Å². The molecule has 0 atom stereocenters. The van der Waals surface area contributed by atoms with Gasteiger partial charge in [-0.05, 0) is 19.3 Å². The number of ether oxygens (including phenoxy) is 11. The van der Waals surface area contributed by atoms with Crippen molar-refractivity contribution in [3.05, 3.63) is 0 Å². The van der Waals surface area contributed by atoms with Gasteiger partial charge in [-0.2, -0.15) is 0 Å². The largest absolute Gasteiger partial charge is 0.481 e. The molecule has 0 heterocycles. The Balaban J connectivity index is 3.09. The minimum Gasteiger partial charge on any atom is -0.481 e. The van der Waals surface area contributed by atoms with Gasteiger partial charge in [0.2, 0.25) is 0 Å². The molecule has 0 rings (SSSR count). The van der Waals surface area contributed by atoms with E-state index in [1.807, 2.05) is 0 Å². The molecule has 0 aliphatic carbocycles. The van der Waals surface area contributed by atoms with Crippen molar-refractivity contribution in [2.75, 3.05) is 139 Å². The zero-order valence-corrected chi connectivity index (χ0v) is 33.2. The summed E-state index contributed by atoms with van der Waals surface area (Å²) in [5, 5.41) is 8.56. The number of esters is 1. The summed E-state index contributed by atoms with van der Waals surface area (Å²) < 4.78 is 59.9. The molecule has 0 amide bonds. The lowest BCUT2D eigenvalue weighted by atomic mass is 10.1. The summed E-state index contributed by atoms with van der Waals surface area (Å²) >= 11 is 0. The maximum absolute atomic E-state index is 11.5. The molecule has 0 aromatic heterocycles. The Labute approximate surface area is 320 Å². The van der Waals surface area contributed by atoms with E-state index >= 15 is 0 Å². The summed E-state index contributed by atoms with van der Waals surface area (Å²) in [4.78, 5) is 21.9. The monoisotopic (exact) mass is 769 g/mol. The molecular formula is C39H76O14. The average molecular weight is 769 g/mol. The van der Waals surface area contributed by atoms with Crippen LogP contribution in [0.25, 0.3) is 0 Å². The number of carbonyl (C=O) groups is 2. The summed E-state index contributed by atoms with van der Waals surface area (Å²) in [7, 11) is 0. The fourth-order valence-electron chi connectivity index (χ4n) is 4.78. The van der Waals surface area contributed by atoms with E-state index in [0.29, 0.717) is 132 Å². The highest BCUT2D eigenvalue weighted by Gasteiger charge is 2.04. The van der Waals surface area contributed by atoms with Gasteiger partial charge in [0.25, 0.3) is 0 Å². The van der Waals surface area contributed by atoms with Gasteiger partial charge in [-0.15, -0.1) is 0 Å². The summed E-state index contributed by atoms with van der Waals surface area (Å²) in [6, 6.07) is 0. The Morgan fingerprint density at radius 1 is 0.321 bits per heavy atom. The third-order valence-electron chi connectivity index (χ3n) is 7.75. The molecule has 0 aromatic rings. The fourth-order valence-corrected chi connectivity index (χ4v) is 4.78. The highest BCUT2D eigenvalue weighted by molar-refractivity contribution is 5.69. The van der Waals surface area contributed by atoms with Crippen LogP contribution < -0.4 is 0 Å². The Bertz CT molecular complexity index is 730.